The number of rotatable bonds is 13. The Labute approximate surface area is 580 Å². The Kier molecular flexibility index (Phi) is 29.1. The maximum atomic E-state index is 15.1. The quantitative estimate of drug-likeness (QED) is 0.166. The number of hydrogen-bond donors (Lipinski definition) is 4. The smallest absolute Gasteiger partial charge is 0.246 e. The predicted octanol–water partition coefficient (Wildman–Crippen LogP) is 3.23. The minimum atomic E-state index is -1.76. The summed E-state index contributed by atoms with van der Waals surface area (Å²) in [5.41, 5.74) is -0.508. The van der Waals surface area contributed by atoms with Gasteiger partial charge >= 0.3 is 0 Å². The average Bonchev–Trinajstić information content (AvgIpc) is 0.793. The number of piperidine rings is 1. The number of methoxy groups -OCH3 is 1. The van der Waals surface area contributed by atoms with Gasteiger partial charge < -0.3 is 65.2 Å². The number of hydrogen-bond acceptors (Lipinski definition) is 13. The summed E-state index contributed by atoms with van der Waals surface area (Å²) in [5, 5.41) is 11.2. The highest BCUT2D eigenvalue weighted by Gasteiger charge is 2.47. The summed E-state index contributed by atoms with van der Waals surface area (Å²) < 4.78 is 6.19. The van der Waals surface area contributed by atoms with E-state index in [1.54, 1.807) is 54.3 Å². The molecule has 3 fully saturated rings. The van der Waals surface area contributed by atoms with Crippen molar-refractivity contribution in [2.24, 2.45) is 17.8 Å². The Morgan fingerprint density at radius 2 is 1.30 bits per heavy atom. The van der Waals surface area contributed by atoms with Gasteiger partial charge in [0.1, 0.15) is 65.7 Å². The van der Waals surface area contributed by atoms with Crippen molar-refractivity contribution in [3.05, 3.63) is 63.2 Å². The number of likely N-dealkylation sites (N-methyl/N-ethyl adjacent to an activating group) is 6. The van der Waals surface area contributed by atoms with Gasteiger partial charge in [0.25, 0.3) is 0 Å². The number of carbonyl (C=O) groups is 12. The fraction of sp³-hybridized carbons (Fsp3) is 0.629. The molecule has 12 amide bonds. The third kappa shape index (κ3) is 20.1. The molecule has 0 aromatic heterocycles. The second kappa shape index (κ2) is 35.4. The zero-order valence-electron chi connectivity index (χ0n) is 59.0. The van der Waals surface area contributed by atoms with Crippen molar-refractivity contribution in [3.63, 3.8) is 0 Å². The Balaban J connectivity index is 1.63. The van der Waals surface area contributed by atoms with E-state index in [1.165, 1.54) is 89.8 Å². The van der Waals surface area contributed by atoms with Crippen LogP contribution in [-0.2, 0) is 70.4 Å². The largest absolute Gasteiger partial charge is 0.497 e. The molecule has 3 aliphatic rings. The number of likely N-dealkylation sites (tertiary alicyclic amines) is 1. The Morgan fingerprint density at radius 1 is 0.667 bits per heavy atom. The van der Waals surface area contributed by atoms with Crippen molar-refractivity contribution in [1.29, 1.82) is 0 Å². The summed E-state index contributed by atoms with van der Waals surface area (Å²) in [6.45, 7) is 15.7. The number of nitrogens with one attached hydrogen (secondary N) is 4. The highest BCUT2D eigenvalue weighted by Crippen LogP contribution is 2.27. The first-order chi connectivity index (χ1) is 45.1. The lowest BCUT2D eigenvalue weighted by atomic mass is 9.94. The van der Waals surface area contributed by atoms with Crippen molar-refractivity contribution in [3.8, 4) is 18.1 Å². The zero-order chi connectivity index (χ0) is 71.8. The van der Waals surface area contributed by atoms with Crippen LogP contribution in [0.2, 0.25) is 0 Å². The molecule has 0 spiro atoms. The number of fused-ring (bicyclic) bond motifs is 1. The van der Waals surface area contributed by atoms with Gasteiger partial charge in [0.05, 0.1) is 20.1 Å². The lowest BCUT2D eigenvalue weighted by molar-refractivity contribution is -0.160. The number of amides is 12. The summed E-state index contributed by atoms with van der Waals surface area (Å²) in [5.74, 6) is -6.13. The lowest BCUT2D eigenvalue weighted by Gasteiger charge is -2.45. The summed E-state index contributed by atoms with van der Waals surface area (Å²) in [4.78, 5) is 188. The third-order valence-electron chi connectivity index (χ3n) is 19.0. The molecule has 5 rings (SSSR count). The summed E-state index contributed by atoms with van der Waals surface area (Å²) >= 11 is 2.11. The Morgan fingerprint density at radius 3 is 1.86 bits per heavy atom. The van der Waals surface area contributed by atoms with Crippen LogP contribution in [0.4, 0.5) is 0 Å². The molecule has 528 valence electrons. The predicted molar refractivity (Wildman–Crippen MR) is 371 cm³/mol. The summed E-state index contributed by atoms with van der Waals surface area (Å²) in [7, 11) is 9.91. The second-order valence-corrected chi connectivity index (χ2v) is 28.5. The zero-order valence-corrected chi connectivity index (χ0v) is 61.2. The van der Waals surface area contributed by atoms with E-state index in [0.717, 1.165) is 24.7 Å². The van der Waals surface area contributed by atoms with Crippen LogP contribution in [-0.4, -0.2) is 246 Å². The summed E-state index contributed by atoms with van der Waals surface area (Å²) in [6, 6.07) is 2.57. The van der Waals surface area contributed by atoms with E-state index in [1.807, 2.05) is 40.7 Å². The molecule has 0 aliphatic carbocycles. The fourth-order valence-corrected chi connectivity index (χ4v) is 12.7. The van der Waals surface area contributed by atoms with E-state index in [0.29, 0.717) is 49.2 Å². The molecule has 96 heavy (non-hydrogen) atoms. The van der Waals surface area contributed by atoms with Gasteiger partial charge in [-0.3, -0.25) is 57.5 Å². The number of benzene rings is 2. The Hall–Kier alpha value is -7.83. The van der Waals surface area contributed by atoms with Crippen molar-refractivity contribution in [1.82, 2.24) is 60.5 Å². The van der Waals surface area contributed by atoms with Gasteiger partial charge in [-0.15, -0.1) is 12.3 Å². The van der Waals surface area contributed by atoms with E-state index in [9.17, 15) is 52.7 Å². The van der Waals surface area contributed by atoms with E-state index in [2.05, 4.69) is 49.8 Å². The SMILES string of the molecule is C#CC[C@@H]1NC(=O)[C@H](Cc2cccc(I)c2)NC(=O)CN(C)C(=O)[C@H](Cc2ccc(OC)cc2)N(C)C(=O)[C@@H]2CCN2C(=O)[C@H](C)N(C)C(=O)[C@H]([C@@H](C)CC)NC(=O)[C@H](CC(C)C)N(C)C(=O)C[C@@H](C(=O)N2CCCCC2)N(C)C(=O)[C@H](CC(C)C)NC(=O)C(C)(C)N(C)C1=O. The maximum absolute atomic E-state index is 15.1. The number of halogens is 1. The van der Waals surface area contributed by atoms with Crippen molar-refractivity contribution in [2.75, 3.05) is 75.6 Å². The van der Waals surface area contributed by atoms with Gasteiger partial charge in [0.15, 0.2) is 0 Å². The maximum Gasteiger partial charge on any atom is 0.246 e. The Bertz CT molecular complexity index is 3190. The van der Waals surface area contributed by atoms with E-state index in [4.69, 9.17) is 11.2 Å². The topological polar surface area (TPSA) is 288 Å². The molecule has 4 N–H and O–H groups in total. The molecule has 2 aromatic rings. The molecule has 3 aliphatic heterocycles. The lowest BCUT2D eigenvalue weighted by Crippen LogP contribution is -2.65. The molecular weight excluding hydrogens is 1340 g/mol. The van der Waals surface area contributed by atoms with E-state index < -0.39 is 150 Å². The van der Waals surface area contributed by atoms with Crippen LogP contribution in [0.3, 0.4) is 0 Å². The molecule has 10 atom stereocenters. The standard InChI is InChI=1S/C70H103IN12O13/c1-18-24-50-64(90)81(16)70(9,10)69(95)74-52(35-42(3)4)63(89)79(14)56(67(93)82-32-21-20-22-33-82)40-58(85)78(13)54(36-43(5)6)61(87)75-59(44(7)19-2)68(94)77(12)45(8)62(88)83-34-31-53(83)66(92)80(15)55(39-46-27-29-49(96-17)30-28-46)65(91)76(11)41-57(84)72-51(60(86)73-50)38-47-25-23-26-48(71)37-47/h1,23,25-30,37,42-45,50-56,59H,19-22,24,31-36,38-41H2,2-17H3,(H,72,84)(H,73,86)(H,74,95)(H,75,87)/t44-,45-,50-,51-,52-,53-,54-,55-,56-,59-/m0/s1. The minimum Gasteiger partial charge on any atom is -0.497 e. The fourth-order valence-electron chi connectivity index (χ4n) is 12.1. The first-order valence-electron chi connectivity index (χ1n) is 33.3. The van der Waals surface area contributed by atoms with Gasteiger partial charge in [-0.1, -0.05) is 72.2 Å². The van der Waals surface area contributed by atoms with Gasteiger partial charge in [-0.25, -0.2) is 0 Å². The van der Waals surface area contributed by atoms with Crippen LogP contribution in [0.15, 0.2) is 48.5 Å². The monoisotopic (exact) mass is 1450 g/mol. The van der Waals surface area contributed by atoms with E-state index >= 15 is 4.79 Å². The van der Waals surface area contributed by atoms with Crippen molar-refractivity contribution in [2.45, 2.75) is 193 Å². The highest BCUT2D eigenvalue weighted by atomic mass is 127. The molecule has 0 saturated carbocycles. The van der Waals surface area contributed by atoms with Crippen molar-refractivity contribution >= 4 is 93.5 Å². The van der Waals surface area contributed by atoms with Gasteiger partial charge in [-0.2, -0.15) is 0 Å². The second-order valence-electron chi connectivity index (χ2n) is 27.3. The van der Waals surface area contributed by atoms with Crippen LogP contribution < -0.4 is 26.0 Å². The van der Waals surface area contributed by atoms with Gasteiger partial charge in [0, 0.05) is 84.8 Å². The van der Waals surface area contributed by atoms with Crippen LogP contribution in [0.1, 0.15) is 131 Å². The van der Waals surface area contributed by atoms with Crippen LogP contribution in [0.5, 0.6) is 5.75 Å². The normalized spacial score (nSPS) is 25.6. The van der Waals surface area contributed by atoms with Crippen molar-refractivity contribution < 1.29 is 62.3 Å². The molecule has 3 heterocycles. The van der Waals surface area contributed by atoms with Gasteiger partial charge in [-0.05, 0) is 135 Å². The average molecular weight is 1450 g/mol. The molecule has 26 heteroatoms. The van der Waals surface area contributed by atoms with E-state index in [-0.39, 0.29) is 56.9 Å². The molecule has 2 aromatic carbocycles. The summed E-state index contributed by atoms with van der Waals surface area (Å²) in [6.07, 6.45) is 7.83. The molecular formula is C70H103IN12O13. The molecule has 25 nitrogen and oxygen atoms in total. The minimum absolute atomic E-state index is 0.0435. The number of nitrogens with zero attached hydrogens (tertiary/aromatic N) is 8. The highest BCUT2D eigenvalue weighted by molar-refractivity contribution is 14.1. The number of ether oxygens (including phenoxy) is 1. The van der Waals surface area contributed by atoms with Gasteiger partial charge in [0.2, 0.25) is 70.9 Å². The third-order valence-corrected chi connectivity index (χ3v) is 19.7. The molecule has 3 saturated heterocycles. The molecule has 0 radical (unpaired) electrons. The molecule has 0 bridgehead atoms. The first kappa shape index (κ1) is 78.9. The van der Waals surface area contributed by atoms with Crippen LogP contribution >= 0.6 is 22.6 Å². The number of carbonyl (C=O) groups excluding carboxylic acids is 12. The first-order valence-corrected chi connectivity index (χ1v) is 34.4. The van der Waals surface area contributed by atoms with Crippen LogP contribution in [0.25, 0.3) is 0 Å². The number of terminal acetylenes is 1. The molecule has 0 unspecified atom stereocenters. The van der Waals surface area contributed by atoms with Crippen LogP contribution in [0, 0.1) is 33.7 Å².